The molecule has 1 aliphatic heterocycles. The number of hydrogen-bond donors (Lipinski definition) is 1. The van der Waals surface area contributed by atoms with Crippen molar-refractivity contribution in [2.24, 2.45) is 11.8 Å². The van der Waals surface area contributed by atoms with Crippen LogP contribution in [0.3, 0.4) is 0 Å². The Morgan fingerprint density at radius 2 is 1.40 bits per heavy atom. The Labute approximate surface area is 250 Å². The van der Waals surface area contributed by atoms with Gasteiger partial charge in [-0.2, -0.15) is 0 Å². The summed E-state index contributed by atoms with van der Waals surface area (Å²) in [5, 5.41) is 2.67. The van der Waals surface area contributed by atoms with E-state index in [1.807, 2.05) is 55.5 Å². The highest BCUT2D eigenvalue weighted by atomic mass is 16.5. The summed E-state index contributed by atoms with van der Waals surface area (Å²) in [6.07, 6.45) is 1.62. The number of nitrogens with zero attached hydrogens (tertiary/aromatic N) is 1. The van der Waals surface area contributed by atoms with E-state index in [0.29, 0.717) is 23.6 Å². The van der Waals surface area contributed by atoms with Gasteiger partial charge in [0.25, 0.3) is 5.91 Å². The standard InChI is InChI=1S/C34H34N2O7/c1-4-5-14-25(34(40)43-18-27(37)35-24-17-19(41-2)15-16-26(24)42-3)36-32(38)30-28-20-10-6-7-11-21(20)29(31(30)33(36)39)23-13-9-8-12-22(23)28/h6-13,15-17,25,28-31H,4-5,14,18H2,1-3H3,(H,35,37)/t25-,28?,29?,30-,31+/m0/s1. The van der Waals surface area contributed by atoms with Crippen LogP contribution in [0.5, 0.6) is 11.5 Å². The van der Waals surface area contributed by atoms with Crippen molar-refractivity contribution in [3.05, 3.63) is 89.0 Å². The molecule has 1 saturated heterocycles. The van der Waals surface area contributed by atoms with E-state index in [4.69, 9.17) is 14.2 Å². The average Bonchev–Trinajstić information content (AvgIpc) is 3.30. The summed E-state index contributed by atoms with van der Waals surface area (Å²) in [4.78, 5) is 55.8. The minimum atomic E-state index is -1.12. The zero-order valence-electron chi connectivity index (χ0n) is 24.4. The van der Waals surface area contributed by atoms with E-state index in [9.17, 15) is 19.2 Å². The van der Waals surface area contributed by atoms with Crippen LogP contribution in [-0.2, 0) is 23.9 Å². The molecule has 0 saturated carbocycles. The number of carbonyl (C=O) groups excluding carboxylic acids is 4. The smallest absolute Gasteiger partial charge is 0.329 e. The molecule has 9 heteroatoms. The van der Waals surface area contributed by atoms with E-state index >= 15 is 0 Å². The molecule has 1 N–H and O–H groups in total. The summed E-state index contributed by atoms with van der Waals surface area (Å²) in [6, 6.07) is 19.8. The number of amides is 3. The van der Waals surface area contributed by atoms with Crippen molar-refractivity contribution < 1.29 is 33.4 Å². The summed E-state index contributed by atoms with van der Waals surface area (Å²) in [6.45, 7) is 1.38. The highest BCUT2D eigenvalue weighted by Gasteiger charge is 2.63. The molecular weight excluding hydrogens is 548 g/mol. The molecule has 0 radical (unpaired) electrons. The lowest BCUT2D eigenvalue weighted by atomic mass is 9.55. The highest BCUT2D eigenvalue weighted by Crippen LogP contribution is 2.61. The van der Waals surface area contributed by atoms with Gasteiger partial charge in [-0.1, -0.05) is 68.3 Å². The van der Waals surface area contributed by atoms with Crippen LogP contribution >= 0.6 is 0 Å². The first-order valence-corrected chi connectivity index (χ1v) is 14.6. The lowest BCUT2D eigenvalue weighted by Crippen LogP contribution is -2.47. The number of ether oxygens (including phenoxy) is 3. The van der Waals surface area contributed by atoms with Gasteiger partial charge >= 0.3 is 5.97 Å². The first-order chi connectivity index (χ1) is 20.9. The van der Waals surface area contributed by atoms with Crippen LogP contribution in [0, 0.1) is 11.8 Å². The van der Waals surface area contributed by atoms with Crippen LogP contribution in [0.2, 0.25) is 0 Å². The second kappa shape index (κ2) is 11.6. The Morgan fingerprint density at radius 1 is 0.837 bits per heavy atom. The number of esters is 1. The maximum Gasteiger partial charge on any atom is 0.329 e. The third-order valence-electron chi connectivity index (χ3n) is 8.92. The minimum Gasteiger partial charge on any atom is -0.497 e. The van der Waals surface area contributed by atoms with Crippen LogP contribution in [-0.4, -0.2) is 55.5 Å². The fourth-order valence-corrected chi connectivity index (χ4v) is 7.09. The van der Waals surface area contributed by atoms with Gasteiger partial charge < -0.3 is 19.5 Å². The van der Waals surface area contributed by atoms with E-state index in [0.717, 1.165) is 33.6 Å². The fraction of sp³-hybridized carbons (Fsp3) is 0.353. The number of methoxy groups -OCH3 is 2. The Hall–Kier alpha value is -4.66. The Morgan fingerprint density at radius 3 is 1.88 bits per heavy atom. The van der Waals surface area contributed by atoms with Crippen LogP contribution in [0.25, 0.3) is 0 Å². The molecule has 7 rings (SSSR count). The van der Waals surface area contributed by atoms with Crippen molar-refractivity contribution in [3.8, 4) is 11.5 Å². The molecule has 43 heavy (non-hydrogen) atoms. The molecule has 222 valence electrons. The predicted molar refractivity (Wildman–Crippen MR) is 158 cm³/mol. The maximum absolute atomic E-state index is 14.2. The molecule has 3 atom stereocenters. The number of nitrogens with one attached hydrogen (secondary N) is 1. The summed E-state index contributed by atoms with van der Waals surface area (Å²) in [7, 11) is 2.98. The van der Waals surface area contributed by atoms with E-state index in [2.05, 4.69) is 5.32 Å². The normalized spacial score (nSPS) is 21.9. The van der Waals surface area contributed by atoms with Crippen LogP contribution in [0.4, 0.5) is 5.69 Å². The highest BCUT2D eigenvalue weighted by molar-refractivity contribution is 6.10. The molecule has 0 spiro atoms. The molecule has 4 aliphatic rings. The molecule has 3 aromatic carbocycles. The van der Waals surface area contributed by atoms with E-state index in [1.54, 1.807) is 18.2 Å². The van der Waals surface area contributed by atoms with E-state index in [-0.39, 0.29) is 30.1 Å². The number of anilines is 1. The molecule has 2 bridgehead atoms. The zero-order chi connectivity index (χ0) is 30.2. The molecule has 1 fully saturated rings. The number of hydrogen-bond acceptors (Lipinski definition) is 7. The van der Waals surface area contributed by atoms with Gasteiger partial charge in [-0.05, 0) is 40.8 Å². The Bertz CT molecular complexity index is 1490. The largest absolute Gasteiger partial charge is 0.497 e. The van der Waals surface area contributed by atoms with Gasteiger partial charge in [-0.3, -0.25) is 19.3 Å². The average molecular weight is 583 g/mol. The van der Waals surface area contributed by atoms with Crippen molar-refractivity contribution in [1.82, 2.24) is 4.90 Å². The van der Waals surface area contributed by atoms with Gasteiger partial charge in [0.1, 0.15) is 17.5 Å². The van der Waals surface area contributed by atoms with Crippen LogP contribution < -0.4 is 14.8 Å². The molecule has 3 aromatic rings. The SMILES string of the molecule is CCCC[C@@H](C(=O)OCC(=O)Nc1cc(OC)ccc1OC)N1C(=O)[C@@H]2C3c4ccccc4C(c4ccccc43)[C@@H]2C1=O. The van der Waals surface area contributed by atoms with Crippen molar-refractivity contribution in [3.63, 3.8) is 0 Å². The topological polar surface area (TPSA) is 111 Å². The van der Waals surface area contributed by atoms with E-state index < -0.39 is 36.4 Å². The Balaban J connectivity index is 1.24. The summed E-state index contributed by atoms with van der Waals surface area (Å²) in [5.41, 5.74) is 4.61. The van der Waals surface area contributed by atoms with Crippen LogP contribution in [0.15, 0.2) is 66.7 Å². The lowest BCUT2D eigenvalue weighted by molar-refractivity contribution is -0.160. The number of likely N-dealkylation sites (tertiary alicyclic amines) is 1. The molecule has 3 aliphatic carbocycles. The number of unbranched alkanes of at least 4 members (excludes halogenated alkanes) is 1. The summed E-state index contributed by atoms with van der Waals surface area (Å²) >= 11 is 0. The third kappa shape index (κ3) is 4.73. The summed E-state index contributed by atoms with van der Waals surface area (Å²) < 4.78 is 16.0. The van der Waals surface area contributed by atoms with Crippen LogP contribution in [0.1, 0.15) is 60.3 Å². The molecule has 0 unspecified atom stereocenters. The first kappa shape index (κ1) is 28.5. The van der Waals surface area contributed by atoms with Crippen molar-refractivity contribution >= 4 is 29.4 Å². The van der Waals surface area contributed by atoms with Gasteiger partial charge in [0, 0.05) is 17.9 Å². The molecule has 0 aromatic heterocycles. The van der Waals surface area contributed by atoms with Gasteiger partial charge in [-0.15, -0.1) is 0 Å². The molecule has 9 nitrogen and oxygen atoms in total. The lowest BCUT2D eigenvalue weighted by Gasteiger charge is -2.45. The third-order valence-corrected chi connectivity index (χ3v) is 8.92. The van der Waals surface area contributed by atoms with Crippen molar-refractivity contribution in [2.75, 3.05) is 26.1 Å². The quantitative estimate of drug-likeness (QED) is 0.274. The number of benzene rings is 3. The number of rotatable bonds is 10. The zero-order valence-corrected chi connectivity index (χ0v) is 24.4. The second-order valence-corrected chi connectivity index (χ2v) is 11.2. The van der Waals surface area contributed by atoms with Gasteiger partial charge in [0.15, 0.2) is 6.61 Å². The fourth-order valence-electron chi connectivity index (χ4n) is 7.09. The van der Waals surface area contributed by atoms with Gasteiger partial charge in [0.05, 0.1) is 31.7 Å². The minimum absolute atomic E-state index is 0.257. The molecule has 3 amide bonds. The van der Waals surface area contributed by atoms with E-state index in [1.165, 1.54) is 14.2 Å². The first-order valence-electron chi connectivity index (χ1n) is 14.6. The number of imide groups is 1. The van der Waals surface area contributed by atoms with Gasteiger partial charge in [0.2, 0.25) is 11.8 Å². The number of carbonyl (C=O) groups is 4. The van der Waals surface area contributed by atoms with Crippen molar-refractivity contribution in [1.29, 1.82) is 0 Å². The Kier molecular flexibility index (Phi) is 7.64. The molecule has 1 heterocycles. The van der Waals surface area contributed by atoms with Gasteiger partial charge in [-0.25, -0.2) is 4.79 Å². The summed E-state index contributed by atoms with van der Waals surface area (Å²) in [5.74, 6) is -2.87. The molecular formula is C34H34N2O7. The predicted octanol–water partition coefficient (Wildman–Crippen LogP) is 4.64. The monoisotopic (exact) mass is 582 g/mol. The second-order valence-electron chi connectivity index (χ2n) is 11.2. The van der Waals surface area contributed by atoms with Crippen molar-refractivity contribution in [2.45, 2.75) is 44.1 Å². The maximum atomic E-state index is 14.2.